The normalized spacial score (nSPS) is 29.2. The van der Waals surface area contributed by atoms with Crippen LogP contribution in [0, 0.1) is 17.8 Å². The minimum Gasteiger partial charge on any atom is -0.394 e. The molecule has 3 aromatic rings. The van der Waals surface area contributed by atoms with Crippen molar-refractivity contribution in [1.82, 2.24) is 25.2 Å². The van der Waals surface area contributed by atoms with Gasteiger partial charge in [-0.3, -0.25) is 14.4 Å². The zero-order valence-electron chi connectivity index (χ0n) is 22.8. The van der Waals surface area contributed by atoms with E-state index >= 15 is 0 Å². The second-order valence-corrected chi connectivity index (χ2v) is 12.7. The lowest BCUT2D eigenvalue weighted by Gasteiger charge is -2.37. The number of amides is 3. The van der Waals surface area contributed by atoms with Crippen LogP contribution in [0.3, 0.4) is 0 Å². The Morgan fingerprint density at radius 3 is 2.61 bits per heavy atom. The number of aliphatic hydroxyl groups is 1. The van der Waals surface area contributed by atoms with E-state index < -0.39 is 41.5 Å². The van der Waals surface area contributed by atoms with E-state index in [1.807, 2.05) is 56.3 Å². The van der Waals surface area contributed by atoms with E-state index in [0.717, 1.165) is 5.52 Å². The molecule has 3 aliphatic rings. The fraction of sp³-hybridized carbons (Fsp3) is 0.483. The number of aromatic nitrogens is 3. The minimum atomic E-state index is -1.23. The monoisotopic (exact) mass is 624 g/mol. The van der Waals surface area contributed by atoms with Crippen molar-refractivity contribution < 1.29 is 24.2 Å². The maximum absolute atomic E-state index is 14.3. The molecule has 1 spiro atoms. The highest BCUT2D eigenvalue weighted by molar-refractivity contribution is 9.09. The Morgan fingerprint density at radius 1 is 1.15 bits per heavy atom. The molecule has 1 aromatic heterocycles. The average Bonchev–Trinajstić information content (AvgIpc) is 3.68. The van der Waals surface area contributed by atoms with Crippen LogP contribution in [-0.4, -0.2) is 77.9 Å². The third kappa shape index (κ3) is 4.61. The molecule has 0 saturated carbocycles. The summed E-state index contributed by atoms with van der Waals surface area (Å²) in [5.41, 5.74) is 0.841. The van der Waals surface area contributed by atoms with Crippen LogP contribution in [0.25, 0.3) is 11.0 Å². The summed E-state index contributed by atoms with van der Waals surface area (Å²) >= 11 is 3.69. The number of hydrogen-bond donors (Lipinski definition) is 3. The number of aliphatic hydroxyl groups excluding tert-OH is 1. The summed E-state index contributed by atoms with van der Waals surface area (Å²) in [7, 11) is 0. The van der Waals surface area contributed by atoms with Crippen molar-refractivity contribution in [2.75, 3.05) is 11.9 Å². The standard InChI is InChI=1S/C29H33BrN6O5/c1-16(2)12-18(14-37)36-25(27(39)31-15-35-21-11-7-6-10-20(21)33-34-35)29-13-19(30)24(41-29)22(23(29)28(36)40)26(38)32-17-8-4-3-5-9-17/h3-11,16,18-19,22-25,37H,12-15H2,1-2H3,(H,31,39)(H,32,38)/t18-,19?,22-,23+,24-,25?,29?/m1/s1. The third-order valence-electron chi connectivity index (χ3n) is 8.49. The molecule has 0 radical (unpaired) electrons. The van der Waals surface area contributed by atoms with E-state index in [2.05, 4.69) is 36.9 Å². The molecule has 3 fully saturated rings. The van der Waals surface area contributed by atoms with Crippen molar-refractivity contribution in [2.24, 2.45) is 17.8 Å². The number of alkyl halides is 1. The van der Waals surface area contributed by atoms with Crippen molar-refractivity contribution in [1.29, 1.82) is 0 Å². The number of nitrogens with one attached hydrogen (secondary N) is 2. The predicted octanol–water partition coefficient (Wildman–Crippen LogP) is 2.30. The Morgan fingerprint density at radius 2 is 1.88 bits per heavy atom. The van der Waals surface area contributed by atoms with Gasteiger partial charge in [0, 0.05) is 10.5 Å². The summed E-state index contributed by atoms with van der Waals surface area (Å²) in [5.74, 6) is -2.61. The number of para-hydroxylation sites is 2. The number of carbonyl (C=O) groups excluding carboxylic acids is 3. The number of hydrogen-bond acceptors (Lipinski definition) is 7. The van der Waals surface area contributed by atoms with Gasteiger partial charge in [0.05, 0.1) is 36.1 Å². The van der Waals surface area contributed by atoms with Crippen molar-refractivity contribution in [3.05, 3.63) is 54.6 Å². The largest absolute Gasteiger partial charge is 0.394 e. The fourth-order valence-corrected chi connectivity index (χ4v) is 7.85. The summed E-state index contributed by atoms with van der Waals surface area (Å²) in [6.45, 7) is 3.72. The molecule has 2 bridgehead atoms. The number of fused-ring (bicyclic) bond motifs is 2. The first-order valence-electron chi connectivity index (χ1n) is 13.9. The first-order chi connectivity index (χ1) is 19.7. The number of rotatable bonds is 9. The van der Waals surface area contributed by atoms with Crippen LogP contribution in [0.5, 0.6) is 0 Å². The van der Waals surface area contributed by atoms with Gasteiger partial charge < -0.3 is 25.4 Å². The Hall–Kier alpha value is -3.35. The molecule has 3 saturated heterocycles. The van der Waals surface area contributed by atoms with Gasteiger partial charge in [0.15, 0.2) is 0 Å². The number of likely N-dealkylation sites (tertiary alicyclic amines) is 1. The number of halogens is 1. The highest BCUT2D eigenvalue weighted by atomic mass is 79.9. The molecule has 12 heteroatoms. The van der Waals surface area contributed by atoms with Gasteiger partial charge in [0.2, 0.25) is 17.7 Å². The van der Waals surface area contributed by atoms with Gasteiger partial charge in [-0.1, -0.05) is 65.3 Å². The van der Waals surface area contributed by atoms with E-state index in [0.29, 0.717) is 24.0 Å². The zero-order valence-corrected chi connectivity index (χ0v) is 24.4. The smallest absolute Gasteiger partial charge is 0.247 e. The summed E-state index contributed by atoms with van der Waals surface area (Å²) in [6.07, 6.45) is 0.288. The highest BCUT2D eigenvalue weighted by Gasteiger charge is 2.77. The maximum atomic E-state index is 14.3. The zero-order chi connectivity index (χ0) is 28.9. The predicted molar refractivity (Wildman–Crippen MR) is 154 cm³/mol. The van der Waals surface area contributed by atoms with E-state index in [1.165, 1.54) is 4.90 Å². The van der Waals surface area contributed by atoms with Gasteiger partial charge in [0.25, 0.3) is 0 Å². The van der Waals surface area contributed by atoms with Gasteiger partial charge in [0.1, 0.15) is 23.8 Å². The molecule has 3 aliphatic heterocycles. The summed E-state index contributed by atoms with van der Waals surface area (Å²) in [4.78, 5) is 43.3. The van der Waals surface area contributed by atoms with Gasteiger partial charge in [-0.05, 0) is 43.0 Å². The molecule has 41 heavy (non-hydrogen) atoms. The SMILES string of the molecule is CC(C)C[C@H](CO)N1C(=O)[C@@H]2[C@@H](C(=O)Nc3ccccc3)[C@@H]3OC2(CC3Br)C1C(=O)NCn1nnc2ccccc21. The number of anilines is 1. The Kier molecular flexibility index (Phi) is 7.33. The molecule has 3 amide bonds. The van der Waals surface area contributed by atoms with Crippen molar-refractivity contribution in [2.45, 2.75) is 62.0 Å². The van der Waals surface area contributed by atoms with Crippen LogP contribution >= 0.6 is 15.9 Å². The van der Waals surface area contributed by atoms with Crippen molar-refractivity contribution >= 4 is 50.4 Å². The highest BCUT2D eigenvalue weighted by Crippen LogP contribution is 2.60. The van der Waals surface area contributed by atoms with Crippen molar-refractivity contribution in [3.63, 3.8) is 0 Å². The van der Waals surface area contributed by atoms with Crippen molar-refractivity contribution in [3.8, 4) is 0 Å². The Balaban J connectivity index is 1.34. The summed E-state index contributed by atoms with van der Waals surface area (Å²) in [6, 6.07) is 14.8. The molecule has 11 nitrogen and oxygen atoms in total. The lowest BCUT2D eigenvalue weighted by atomic mass is 9.70. The second-order valence-electron chi connectivity index (χ2n) is 11.5. The van der Waals surface area contributed by atoms with Gasteiger partial charge in [-0.2, -0.15) is 0 Å². The van der Waals surface area contributed by atoms with E-state index in [1.54, 1.807) is 16.8 Å². The minimum absolute atomic E-state index is 0.0334. The Labute approximate surface area is 245 Å². The van der Waals surface area contributed by atoms with Gasteiger partial charge >= 0.3 is 0 Å². The maximum Gasteiger partial charge on any atom is 0.247 e. The third-order valence-corrected chi connectivity index (χ3v) is 9.34. The number of carbonyl (C=O) groups is 3. The van der Waals surface area contributed by atoms with Crippen LogP contribution in [0.15, 0.2) is 54.6 Å². The molecule has 6 rings (SSSR count). The van der Waals surface area contributed by atoms with Crippen LogP contribution < -0.4 is 10.6 Å². The molecule has 2 aromatic carbocycles. The van der Waals surface area contributed by atoms with E-state index in [9.17, 15) is 19.5 Å². The molecule has 0 aliphatic carbocycles. The van der Waals surface area contributed by atoms with Gasteiger partial charge in [-0.25, -0.2) is 4.68 Å². The van der Waals surface area contributed by atoms with Crippen LogP contribution in [0.4, 0.5) is 5.69 Å². The first kappa shape index (κ1) is 27.8. The second kappa shape index (κ2) is 10.8. The van der Waals surface area contributed by atoms with Crippen LogP contribution in [0.1, 0.15) is 26.7 Å². The summed E-state index contributed by atoms with van der Waals surface area (Å²) < 4.78 is 8.14. The molecule has 3 unspecified atom stereocenters. The lowest BCUT2D eigenvalue weighted by molar-refractivity contribution is -0.145. The molecular weight excluding hydrogens is 592 g/mol. The van der Waals surface area contributed by atoms with E-state index in [4.69, 9.17) is 4.74 Å². The van der Waals surface area contributed by atoms with Crippen LogP contribution in [0.2, 0.25) is 0 Å². The first-order valence-corrected chi connectivity index (χ1v) is 14.8. The number of benzene rings is 2. The quantitative estimate of drug-likeness (QED) is 0.310. The van der Waals surface area contributed by atoms with Crippen LogP contribution in [-0.2, 0) is 25.8 Å². The Bertz CT molecular complexity index is 1470. The molecule has 4 heterocycles. The average molecular weight is 626 g/mol. The molecule has 3 N–H and O–H groups in total. The lowest BCUT2D eigenvalue weighted by Crippen LogP contribution is -2.58. The molecule has 7 atom stereocenters. The summed E-state index contributed by atoms with van der Waals surface area (Å²) in [5, 5.41) is 24.6. The topological polar surface area (TPSA) is 139 Å². The molecule has 216 valence electrons. The molecular formula is C29H33BrN6O5. The number of nitrogens with zero attached hydrogens (tertiary/aromatic N) is 4. The fourth-order valence-electron chi connectivity index (χ4n) is 6.91. The van der Waals surface area contributed by atoms with E-state index in [-0.39, 0.29) is 35.8 Å². The van der Waals surface area contributed by atoms with Gasteiger partial charge in [-0.15, -0.1) is 5.10 Å². The number of ether oxygens (including phenoxy) is 1.